The molecule has 4 N–H and O–H groups in total. The molecular weight excluding hydrogens is 370 g/mol. The van der Waals surface area contributed by atoms with E-state index in [1.165, 1.54) is 4.90 Å². The maximum Gasteiger partial charge on any atom is 0.261 e. The first-order valence-corrected chi connectivity index (χ1v) is 9.70. The summed E-state index contributed by atoms with van der Waals surface area (Å²) in [5.41, 5.74) is 12.5. The summed E-state index contributed by atoms with van der Waals surface area (Å²) < 4.78 is 12.2. The fraction of sp³-hybridized carbons (Fsp3) is 0.381. The fourth-order valence-corrected chi connectivity index (χ4v) is 4.58. The summed E-state index contributed by atoms with van der Waals surface area (Å²) in [6.45, 7) is 1.13. The maximum absolute atomic E-state index is 13.4. The number of amides is 1. The van der Waals surface area contributed by atoms with E-state index < -0.39 is 11.1 Å². The third kappa shape index (κ3) is 2.66. The Bertz CT molecular complexity index is 1030. The lowest BCUT2D eigenvalue weighted by Gasteiger charge is -2.46. The summed E-state index contributed by atoms with van der Waals surface area (Å²) in [5.74, 6) is 1.13. The number of rotatable bonds is 1. The molecule has 1 saturated heterocycles. The number of pyridine rings is 1. The highest BCUT2D eigenvalue weighted by molar-refractivity contribution is 6.07. The first-order valence-electron chi connectivity index (χ1n) is 9.70. The van der Waals surface area contributed by atoms with Gasteiger partial charge in [0.25, 0.3) is 5.91 Å². The number of guanidine groups is 1. The smallest absolute Gasteiger partial charge is 0.261 e. The number of carbonyl (C=O) groups is 1. The van der Waals surface area contributed by atoms with Gasteiger partial charge in [0.2, 0.25) is 0 Å². The van der Waals surface area contributed by atoms with Crippen molar-refractivity contribution in [3.63, 3.8) is 0 Å². The minimum absolute atomic E-state index is 0.151. The molecule has 3 aliphatic rings. The van der Waals surface area contributed by atoms with E-state index in [4.69, 9.17) is 20.9 Å². The number of ether oxygens (including phenoxy) is 2. The minimum Gasteiger partial charge on any atom is -0.484 e. The quantitative estimate of drug-likeness (QED) is 0.761. The summed E-state index contributed by atoms with van der Waals surface area (Å²) in [5, 5.41) is 0. The van der Waals surface area contributed by atoms with E-state index in [0.717, 1.165) is 24.1 Å². The Balaban J connectivity index is 1.69. The van der Waals surface area contributed by atoms with Crippen LogP contribution in [-0.2, 0) is 15.1 Å². The second-order valence-electron chi connectivity index (χ2n) is 7.97. The van der Waals surface area contributed by atoms with Gasteiger partial charge in [-0.15, -0.1) is 0 Å². The zero-order chi connectivity index (χ0) is 20.2. The van der Waals surface area contributed by atoms with E-state index in [-0.39, 0.29) is 11.9 Å². The van der Waals surface area contributed by atoms with Gasteiger partial charge < -0.3 is 20.9 Å². The Morgan fingerprint density at radius 3 is 2.76 bits per heavy atom. The van der Waals surface area contributed by atoms with E-state index in [1.54, 1.807) is 13.1 Å². The summed E-state index contributed by atoms with van der Waals surface area (Å²) in [7, 11) is 1.65. The Kier molecular flexibility index (Phi) is 3.82. The highest BCUT2D eigenvalue weighted by atomic mass is 16.5. The second-order valence-corrected chi connectivity index (χ2v) is 7.97. The lowest BCUT2D eigenvalue weighted by atomic mass is 9.74. The molecule has 1 fully saturated rings. The Morgan fingerprint density at radius 2 is 2.07 bits per heavy atom. The Hall–Kier alpha value is -3.13. The van der Waals surface area contributed by atoms with Gasteiger partial charge in [0.05, 0.1) is 12.3 Å². The lowest BCUT2D eigenvalue weighted by Crippen LogP contribution is -2.55. The molecule has 0 unspecified atom stereocenters. The number of fused-ring (bicyclic) bond motifs is 2. The summed E-state index contributed by atoms with van der Waals surface area (Å²) >= 11 is 0. The number of hydrogen-bond acceptors (Lipinski definition) is 7. The largest absolute Gasteiger partial charge is 0.484 e. The molecular formula is C21H23N5O3. The van der Waals surface area contributed by atoms with Gasteiger partial charge in [-0.05, 0) is 43.2 Å². The lowest BCUT2D eigenvalue weighted by molar-refractivity contribution is -0.139. The number of nitrogens with two attached hydrogens (primary N) is 2. The maximum atomic E-state index is 13.4. The monoisotopic (exact) mass is 393 g/mol. The number of carbonyl (C=O) groups excluding carboxylic acids is 1. The topological polar surface area (TPSA) is 116 Å². The predicted octanol–water partition coefficient (Wildman–Crippen LogP) is 1.64. The molecule has 2 spiro atoms. The molecule has 1 aromatic heterocycles. The van der Waals surface area contributed by atoms with Crippen LogP contribution in [0.1, 0.15) is 24.8 Å². The van der Waals surface area contributed by atoms with Crippen LogP contribution in [0, 0.1) is 0 Å². The molecule has 2 atom stereocenters. The van der Waals surface area contributed by atoms with Crippen LogP contribution in [0.15, 0.2) is 41.4 Å². The summed E-state index contributed by atoms with van der Waals surface area (Å²) in [6, 6.07) is 11.2. The molecule has 0 radical (unpaired) electrons. The molecule has 3 aliphatic heterocycles. The van der Waals surface area contributed by atoms with Crippen LogP contribution >= 0.6 is 0 Å². The molecule has 0 saturated carbocycles. The number of benzene rings is 1. The van der Waals surface area contributed by atoms with Gasteiger partial charge in [0.1, 0.15) is 17.2 Å². The predicted molar refractivity (Wildman–Crippen MR) is 108 cm³/mol. The van der Waals surface area contributed by atoms with Crippen LogP contribution in [0.3, 0.4) is 0 Å². The number of nitrogens with zero attached hydrogens (tertiary/aromatic N) is 3. The zero-order valence-corrected chi connectivity index (χ0v) is 16.2. The van der Waals surface area contributed by atoms with E-state index in [0.29, 0.717) is 36.8 Å². The SMILES string of the molecule is CN1C(=O)[C@@]2(C[C@@]3(CCCOC3)Oc3ccc(-c4cccc(N)n4)cc32)N=C1N. The van der Waals surface area contributed by atoms with Gasteiger partial charge in [-0.3, -0.25) is 9.69 Å². The first-order chi connectivity index (χ1) is 13.9. The van der Waals surface area contributed by atoms with Gasteiger partial charge in [-0.25, -0.2) is 9.98 Å². The second kappa shape index (κ2) is 6.18. The molecule has 5 rings (SSSR count). The van der Waals surface area contributed by atoms with E-state index >= 15 is 0 Å². The van der Waals surface area contributed by atoms with Crippen molar-refractivity contribution in [2.75, 3.05) is 26.0 Å². The number of hydrogen-bond donors (Lipinski definition) is 2. The molecule has 4 heterocycles. The van der Waals surface area contributed by atoms with Crippen molar-refractivity contribution in [1.29, 1.82) is 0 Å². The van der Waals surface area contributed by atoms with Crippen molar-refractivity contribution < 1.29 is 14.3 Å². The van der Waals surface area contributed by atoms with Crippen molar-refractivity contribution in [2.45, 2.75) is 30.4 Å². The molecule has 0 aliphatic carbocycles. The molecule has 8 heteroatoms. The van der Waals surface area contributed by atoms with Gasteiger partial charge in [0.15, 0.2) is 11.5 Å². The standard InChI is InChI=1S/C21H23N5O3/c1-26-18(27)21(25-19(26)23)11-20(8-3-9-28-12-20)29-16-7-6-13(10-14(16)21)15-4-2-5-17(22)24-15/h2,4-7,10H,3,8-9,11-12H2,1H3,(H2,22,24)(H2,23,25)/t20-,21+/m1/s1. The fourth-order valence-electron chi connectivity index (χ4n) is 4.58. The summed E-state index contributed by atoms with van der Waals surface area (Å²) in [6.07, 6.45) is 2.07. The molecule has 29 heavy (non-hydrogen) atoms. The average Bonchev–Trinajstić information content (AvgIpc) is 2.92. The molecule has 2 aromatic rings. The number of aliphatic imine (C=N–C) groups is 1. The molecule has 8 nitrogen and oxygen atoms in total. The van der Waals surface area contributed by atoms with Crippen molar-refractivity contribution in [3.8, 4) is 17.0 Å². The van der Waals surface area contributed by atoms with Crippen LogP contribution in [0.25, 0.3) is 11.3 Å². The van der Waals surface area contributed by atoms with Crippen molar-refractivity contribution in [2.24, 2.45) is 10.7 Å². The van der Waals surface area contributed by atoms with E-state index in [2.05, 4.69) is 9.98 Å². The van der Waals surface area contributed by atoms with Gasteiger partial charge in [-0.2, -0.15) is 0 Å². The number of anilines is 1. The Labute approximate surface area is 168 Å². The van der Waals surface area contributed by atoms with Crippen LogP contribution in [0.5, 0.6) is 5.75 Å². The van der Waals surface area contributed by atoms with Gasteiger partial charge >= 0.3 is 0 Å². The minimum atomic E-state index is -1.12. The third-order valence-electron chi connectivity index (χ3n) is 5.99. The Morgan fingerprint density at radius 1 is 1.21 bits per heavy atom. The van der Waals surface area contributed by atoms with Crippen LogP contribution in [0.2, 0.25) is 0 Å². The van der Waals surface area contributed by atoms with Crippen molar-refractivity contribution >= 4 is 17.7 Å². The summed E-state index contributed by atoms with van der Waals surface area (Å²) in [4.78, 5) is 23.9. The third-order valence-corrected chi connectivity index (χ3v) is 5.99. The number of nitrogen functional groups attached to an aromatic ring is 1. The van der Waals surface area contributed by atoms with Crippen LogP contribution < -0.4 is 16.2 Å². The number of aromatic nitrogens is 1. The van der Waals surface area contributed by atoms with Gasteiger partial charge in [-0.1, -0.05) is 6.07 Å². The zero-order valence-electron chi connectivity index (χ0n) is 16.2. The van der Waals surface area contributed by atoms with Crippen molar-refractivity contribution in [1.82, 2.24) is 9.88 Å². The van der Waals surface area contributed by atoms with E-state index in [9.17, 15) is 4.79 Å². The van der Waals surface area contributed by atoms with E-state index in [1.807, 2.05) is 30.3 Å². The average molecular weight is 393 g/mol. The highest BCUT2D eigenvalue weighted by Crippen LogP contribution is 2.51. The first kappa shape index (κ1) is 17.9. The van der Waals surface area contributed by atoms with Crippen molar-refractivity contribution in [3.05, 3.63) is 42.0 Å². The highest BCUT2D eigenvalue weighted by Gasteiger charge is 2.58. The van der Waals surface area contributed by atoms with Crippen LogP contribution in [-0.4, -0.2) is 47.6 Å². The molecule has 0 bridgehead atoms. The molecule has 150 valence electrons. The molecule has 1 amide bonds. The van der Waals surface area contributed by atoms with Gasteiger partial charge in [0, 0.05) is 31.2 Å². The number of likely N-dealkylation sites (N-methyl/N-ethyl adjacent to an activating group) is 1. The normalized spacial score (nSPS) is 28.4. The molecule has 1 aromatic carbocycles. The van der Waals surface area contributed by atoms with Crippen LogP contribution in [0.4, 0.5) is 5.82 Å².